The van der Waals surface area contributed by atoms with Gasteiger partial charge in [0.15, 0.2) is 0 Å². The third kappa shape index (κ3) is 2.15. The Hall–Kier alpha value is -0.980. The summed E-state index contributed by atoms with van der Waals surface area (Å²) in [5, 5.41) is 16.7. The molecule has 6 nitrogen and oxygen atoms in total. The van der Waals surface area contributed by atoms with Gasteiger partial charge in [0.05, 0.1) is 12.1 Å². The van der Waals surface area contributed by atoms with Crippen LogP contribution in [-0.4, -0.2) is 34.5 Å². The van der Waals surface area contributed by atoms with Crippen LogP contribution in [0.1, 0.15) is 50.4 Å². The molecule has 0 saturated carbocycles. The van der Waals surface area contributed by atoms with Gasteiger partial charge >= 0.3 is 0 Å². The van der Waals surface area contributed by atoms with Gasteiger partial charge in [-0.1, -0.05) is 5.16 Å². The van der Waals surface area contributed by atoms with E-state index in [1.807, 2.05) is 6.92 Å². The maximum atomic E-state index is 9.49. The molecule has 3 rings (SSSR count). The second-order valence-electron chi connectivity index (χ2n) is 5.34. The van der Waals surface area contributed by atoms with Crippen molar-refractivity contribution in [3.05, 3.63) is 11.7 Å². The molecule has 100 valence electrons. The van der Waals surface area contributed by atoms with E-state index in [0.29, 0.717) is 24.7 Å². The average molecular weight is 253 g/mol. The third-order valence-corrected chi connectivity index (χ3v) is 3.79. The van der Waals surface area contributed by atoms with E-state index in [9.17, 15) is 5.11 Å². The first-order valence-electron chi connectivity index (χ1n) is 6.57. The lowest BCUT2D eigenvalue weighted by atomic mass is 9.95. The molecule has 2 unspecified atom stereocenters. The Bertz CT molecular complexity index is 414. The van der Waals surface area contributed by atoms with Crippen molar-refractivity contribution in [3.8, 4) is 0 Å². The molecule has 0 amide bonds. The highest BCUT2D eigenvalue weighted by atomic mass is 16.5. The summed E-state index contributed by atoms with van der Waals surface area (Å²) in [5.74, 6) is 1.18. The number of aromatic nitrogens is 2. The topological polar surface area (TPSA) is 80.4 Å². The van der Waals surface area contributed by atoms with E-state index in [1.54, 1.807) is 0 Å². The van der Waals surface area contributed by atoms with Crippen LogP contribution in [0.4, 0.5) is 0 Å². The van der Waals surface area contributed by atoms with Crippen molar-refractivity contribution in [2.24, 2.45) is 0 Å². The predicted molar refractivity (Wildman–Crippen MR) is 62.8 cm³/mol. The molecule has 2 aliphatic rings. The monoisotopic (exact) mass is 253 g/mol. The highest BCUT2D eigenvalue weighted by Crippen LogP contribution is 2.33. The number of β-amino-alcohol motifs (C(OH)–C–C–N with tert-alkyl or cyclic N) is 1. The summed E-state index contributed by atoms with van der Waals surface area (Å²) >= 11 is 0. The SMILES string of the molecule is CC1(c2noc([C@@H]3CC(O)CN3)n2)CCCCO1. The van der Waals surface area contributed by atoms with Gasteiger partial charge < -0.3 is 19.7 Å². The van der Waals surface area contributed by atoms with E-state index in [1.165, 1.54) is 0 Å². The van der Waals surface area contributed by atoms with Gasteiger partial charge in [-0.2, -0.15) is 4.98 Å². The van der Waals surface area contributed by atoms with Crippen molar-refractivity contribution >= 4 is 0 Å². The van der Waals surface area contributed by atoms with Gasteiger partial charge in [0, 0.05) is 13.2 Å². The Balaban J connectivity index is 1.76. The van der Waals surface area contributed by atoms with Gasteiger partial charge in [-0.05, 0) is 32.6 Å². The number of ether oxygens (including phenoxy) is 1. The van der Waals surface area contributed by atoms with Gasteiger partial charge in [0.25, 0.3) is 0 Å². The molecule has 0 aliphatic carbocycles. The molecular weight excluding hydrogens is 234 g/mol. The Kier molecular flexibility index (Phi) is 3.09. The van der Waals surface area contributed by atoms with Crippen LogP contribution in [0.25, 0.3) is 0 Å². The van der Waals surface area contributed by atoms with Gasteiger partial charge in [0.1, 0.15) is 5.60 Å². The Labute approximate surface area is 106 Å². The van der Waals surface area contributed by atoms with Crippen LogP contribution in [0.5, 0.6) is 0 Å². The number of rotatable bonds is 2. The van der Waals surface area contributed by atoms with Crippen molar-refractivity contribution in [1.29, 1.82) is 0 Å². The minimum atomic E-state index is -0.419. The lowest BCUT2D eigenvalue weighted by molar-refractivity contribution is -0.0770. The molecule has 2 fully saturated rings. The summed E-state index contributed by atoms with van der Waals surface area (Å²) in [6, 6.07) is -0.0339. The van der Waals surface area contributed by atoms with Crippen LogP contribution in [0.15, 0.2) is 4.52 Å². The average Bonchev–Trinajstić information content (AvgIpc) is 2.98. The normalized spacial score (nSPS) is 37.0. The lowest BCUT2D eigenvalue weighted by Gasteiger charge is -2.30. The number of nitrogens with zero attached hydrogens (tertiary/aromatic N) is 2. The van der Waals surface area contributed by atoms with Crippen LogP contribution in [0.2, 0.25) is 0 Å². The molecule has 18 heavy (non-hydrogen) atoms. The van der Waals surface area contributed by atoms with Crippen molar-refractivity contribution in [3.63, 3.8) is 0 Å². The predicted octanol–water partition coefficient (Wildman–Crippen LogP) is 0.881. The van der Waals surface area contributed by atoms with Gasteiger partial charge in [-0.3, -0.25) is 0 Å². The second kappa shape index (κ2) is 4.60. The molecule has 1 aromatic rings. The second-order valence-corrected chi connectivity index (χ2v) is 5.34. The third-order valence-electron chi connectivity index (χ3n) is 3.79. The molecule has 0 radical (unpaired) electrons. The maximum Gasteiger partial charge on any atom is 0.243 e. The van der Waals surface area contributed by atoms with Gasteiger partial charge in [-0.25, -0.2) is 0 Å². The smallest absolute Gasteiger partial charge is 0.243 e. The van der Waals surface area contributed by atoms with Crippen LogP contribution < -0.4 is 5.32 Å². The molecule has 2 aliphatic heterocycles. The van der Waals surface area contributed by atoms with E-state index < -0.39 is 5.60 Å². The zero-order valence-corrected chi connectivity index (χ0v) is 10.6. The Morgan fingerprint density at radius 3 is 3.00 bits per heavy atom. The molecule has 0 aromatic carbocycles. The van der Waals surface area contributed by atoms with E-state index >= 15 is 0 Å². The molecule has 0 bridgehead atoms. The number of hydrogen-bond acceptors (Lipinski definition) is 6. The number of hydrogen-bond donors (Lipinski definition) is 2. The number of nitrogens with one attached hydrogen (secondary N) is 1. The van der Waals surface area contributed by atoms with Gasteiger partial charge in [0.2, 0.25) is 11.7 Å². The zero-order valence-electron chi connectivity index (χ0n) is 10.6. The van der Waals surface area contributed by atoms with Gasteiger partial charge in [-0.15, -0.1) is 0 Å². The van der Waals surface area contributed by atoms with E-state index in [0.717, 1.165) is 25.9 Å². The maximum absolute atomic E-state index is 9.49. The first kappa shape index (κ1) is 12.1. The van der Waals surface area contributed by atoms with Crippen LogP contribution in [-0.2, 0) is 10.3 Å². The largest absolute Gasteiger partial charge is 0.392 e. The molecule has 2 saturated heterocycles. The molecule has 2 N–H and O–H groups in total. The fourth-order valence-electron chi connectivity index (χ4n) is 2.61. The summed E-state index contributed by atoms with van der Waals surface area (Å²) in [6.07, 6.45) is 3.44. The standard InChI is InChI=1S/C12H19N3O3/c1-12(4-2-3-5-17-12)11-14-10(18-15-11)9-6-8(16)7-13-9/h8-9,13,16H,2-7H2,1H3/t8?,9-,12?/m0/s1. The highest BCUT2D eigenvalue weighted by Gasteiger charge is 2.36. The van der Waals surface area contributed by atoms with Crippen molar-refractivity contribution in [1.82, 2.24) is 15.5 Å². The molecule has 6 heteroatoms. The minimum Gasteiger partial charge on any atom is -0.392 e. The summed E-state index contributed by atoms with van der Waals surface area (Å²) < 4.78 is 11.1. The summed E-state index contributed by atoms with van der Waals surface area (Å²) in [4.78, 5) is 4.45. The molecule has 3 atom stereocenters. The summed E-state index contributed by atoms with van der Waals surface area (Å²) in [6.45, 7) is 3.34. The summed E-state index contributed by atoms with van der Waals surface area (Å²) in [5.41, 5.74) is -0.419. The van der Waals surface area contributed by atoms with E-state index in [4.69, 9.17) is 9.26 Å². The Morgan fingerprint density at radius 2 is 2.33 bits per heavy atom. The van der Waals surface area contributed by atoms with Crippen LogP contribution >= 0.6 is 0 Å². The van der Waals surface area contributed by atoms with Crippen molar-refractivity contribution < 1.29 is 14.4 Å². The first-order chi connectivity index (χ1) is 8.67. The first-order valence-corrected chi connectivity index (χ1v) is 6.57. The molecule has 0 spiro atoms. The molecule has 3 heterocycles. The van der Waals surface area contributed by atoms with E-state index in [2.05, 4.69) is 15.5 Å². The summed E-state index contributed by atoms with van der Waals surface area (Å²) in [7, 11) is 0. The molecular formula is C12H19N3O3. The van der Waals surface area contributed by atoms with Crippen LogP contribution in [0.3, 0.4) is 0 Å². The fraction of sp³-hybridized carbons (Fsp3) is 0.833. The van der Waals surface area contributed by atoms with Crippen molar-refractivity contribution in [2.75, 3.05) is 13.2 Å². The van der Waals surface area contributed by atoms with Crippen molar-refractivity contribution in [2.45, 2.75) is 50.4 Å². The quantitative estimate of drug-likeness (QED) is 0.814. The fourth-order valence-corrected chi connectivity index (χ4v) is 2.61. The Morgan fingerprint density at radius 1 is 1.44 bits per heavy atom. The van der Waals surface area contributed by atoms with E-state index in [-0.39, 0.29) is 12.1 Å². The van der Waals surface area contributed by atoms with Crippen LogP contribution in [0, 0.1) is 0 Å². The zero-order chi connectivity index (χ0) is 12.6. The number of aliphatic hydroxyl groups excluding tert-OH is 1. The highest BCUT2D eigenvalue weighted by molar-refractivity contribution is 5.04. The minimum absolute atomic E-state index is 0.0339. The number of aliphatic hydroxyl groups is 1. The molecule has 1 aromatic heterocycles. The lowest BCUT2D eigenvalue weighted by Crippen LogP contribution is -2.31.